The van der Waals surface area contributed by atoms with Crippen molar-refractivity contribution >= 4 is 11.8 Å². The van der Waals surface area contributed by atoms with E-state index in [1.165, 1.54) is 22.3 Å². The maximum Gasteiger partial charge on any atom is 0.244 e. The number of allylic oxidation sites excluding steroid dienone is 6. The van der Waals surface area contributed by atoms with E-state index in [0.717, 1.165) is 37.8 Å². The molecule has 1 saturated heterocycles. The molecule has 0 saturated carbocycles. The zero-order chi connectivity index (χ0) is 20.2. The first-order valence-electron chi connectivity index (χ1n) is 10.5. The van der Waals surface area contributed by atoms with Crippen molar-refractivity contribution in [2.24, 2.45) is 5.73 Å². The van der Waals surface area contributed by atoms with Crippen LogP contribution in [-0.4, -0.2) is 49.6 Å². The molecular formula is C23H29N3O3. The van der Waals surface area contributed by atoms with Gasteiger partial charge in [0, 0.05) is 37.8 Å². The molecule has 6 nitrogen and oxygen atoms in total. The second-order valence-electron chi connectivity index (χ2n) is 7.99. The fraction of sp³-hybridized carbons (Fsp3) is 0.478. The van der Waals surface area contributed by atoms with Gasteiger partial charge in [-0.3, -0.25) is 9.59 Å². The number of carbonyl (C=O) groups excluding carboxylic acids is 2. The van der Waals surface area contributed by atoms with Crippen LogP contribution in [0.5, 0.6) is 0 Å². The summed E-state index contributed by atoms with van der Waals surface area (Å²) in [4.78, 5) is 25.9. The van der Waals surface area contributed by atoms with E-state index >= 15 is 0 Å². The Hall–Kier alpha value is -2.60. The van der Waals surface area contributed by atoms with Gasteiger partial charge in [-0.15, -0.1) is 0 Å². The van der Waals surface area contributed by atoms with E-state index < -0.39 is 0 Å². The van der Waals surface area contributed by atoms with Crippen molar-refractivity contribution in [3.05, 3.63) is 57.9 Å². The Kier molecular flexibility index (Phi) is 6.00. The normalized spacial score (nSPS) is 22.0. The summed E-state index contributed by atoms with van der Waals surface area (Å²) in [6, 6.07) is 0. The molecule has 3 N–H and O–H groups in total. The molecule has 0 aromatic rings. The van der Waals surface area contributed by atoms with E-state index in [9.17, 15) is 9.59 Å². The summed E-state index contributed by atoms with van der Waals surface area (Å²) in [7, 11) is 0. The van der Waals surface area contributed by atoms with Gasteiger partial charge in [-0.1, -0.05) is 17.7 Å². The van der Waals surface area contributed by atoms with Gasteiger partial charge in [0.1, 0.15) is 0 Å². The number of primary amides is 1. The SMILES string of the molecule is NC(=O)C1=CC2=C(C3=CC=C(CCC(=O)N4CCOCC4)CC3)CNC=C2CC1. The topological polar surface area (TPSA) is 84.7 Å². The zero-order valence-corrected chi connectivity index (χ0v) is 16.8. The first-order chi connectivity index (χ1) is 14.1. The molecule has 0 atom stereocenters. The molecule has 4 rings (SSSR count). The number of hydrogen-bond donors (Lipinski definition) is 2. The number of nitrogens with one attached hydrogen (secondary N) is 1. The molecule has 2 heterocycles. The lowest BCUT2D eigenvalue weighted by molar-refractivity contribution is -0.135. The van der Waals surface area contributed by atoms with Crippen LogP contribution in [0.1, 0.15) is 38.5 Å². The highest BCUT2D eigenvalue weighted by molar-refractivity contribution is 5.93. The summed E-state index contributed by atoms with van der Waals surface area (Å²) < 4.78 is 5.32. The Morgan fingerprint density at radius 3 is 2.59 bits per heavy atom. The summed E-state index contributed by atoms with van der Waals surface area (Å²) in [6.45, 7) is 3.49. The molecule has 29 heavy (non-hydrogen) atoms. The number of dihydropyridines is 1. The Morgan fingerprint density at radius 2 is 1.86 bits per heavy atom. The standard InChI is InChI=1S/C23H29N3O3/c24-23(28)18-6-7-19-14-25-15-21(20(19)13-18)17-4-1-16(2-5-17)3-8-22(27)26-9-11-29-12-10-26/h1,4,13-14,25H,2-3,5-12,15H2,(H2,24,28). The van der Waals surface area contributed by atoms with Crippen LogP contribution >= 0.6 is 0 Å². The second kappa shape index (κ2) is 8.82. The summed E-state index contributed by atoms with van der Waals surface area (Å²) in [5, 5.41) is 3.38. The summed E-state index contributed by atoms with van der Waals surface area (Å²) in [6.07, 6.45) is 13.3. The van der Waals surface area contributed by atoms with Crippen LogP contribution in [0.2, 0.25) is 0 Å². The molecule has 0 bridgehead atoms. The van der Waals surface area contributed by atoms with Crippen molar-refractivity contribution in [2.45, 2.75) is 38.5 Å². The number of hydrogen-bond acceptors (Lipinski definition) is 4. The van der Waals surface area contributed by atoms with E-state index in [-0.39, 0.29) is 11.8 Å². The van der Waals surface area contributed by atoms with Crippen molar-refractivity contribution in [3.8, 4) is 0 Å². The minimum Gasteiger partial charge on any atom is -0.387 e. The quantitative estimate of drug-likeness (QED) is 0.748. The number of rotatable bonds is 5. The van der Waals surface area contributed by atoms with Crippen LogP contribution in [0.3, 0.4) is 0 Å². The zero-order valence-electron chi connectivity index (χ0n) is 16.8. The van der Waals surface area contributed by atoms with Crippen molar-refractivity contribution < 1.29 is 14.3 Å². The molecule has 2 aliphatic carbocycles. The predicted octanol–water partition coefficient (Wildman–Crippen LogP) is 2.26. The number of nitrogens with zero attached hydrogens (tertiary/aromatic N) is 1. The lowest BCUT2D eigenvalue weighted by atomic mass is 9.81. The van der Waals surface area contributed by atoms with Gasteiger partial charge in [-0.2, -0.15) is 0 Å². The first kappa shape index (κ1) is 19.7. The average molecular weight is 396 g/mol. The Morgan fingerprint density at radius 1 is 1.07 bits per heavy atom. The molecule has 154 valence electrons. The molecule has 0 spiro atoms. The molecular weight excluding hydrogens is 366 g/mol. The Labute approximate surface area is 171 Å². The number of carbonyl (C=O) groups is 2. The van der Waals surface area contributed by atoms with E-state index in [4.69, 9.17) is 10.5 Å². The average Bonchev–Trinajstić information content (AvgIpc) is 2.77. The summed E-state index contributed by atoms with van der Waals surface area (Å²) in [5.74, 6) is -0.0920. The number of fused-ring (bicyclic) bond motifs is 1. The number of nitrogens with two attached hydrogens (primary N) is 1. The van der Waals surface area contributed by atoms with Crippen molar-refractivity contribution in [1.29, 1.82) is 0 Å². The molecule has 0 aromatic heterocycles. The number of amides is 2. The minimum absolute atomic E-state index is 0.228. The maximum absolute atomic E-state index is 12.4. The first-order valence-corrected chi connectivity index (χ1v) is 10.5. The minimum atomic E-state index is -0.320. The largest absolute Gasteiger partial charge is 0.387 e. The third kappa shape index (κ3) is 4.53. The highest BCUT2D eigenvalue weighted by atomic mass is 16.5. The lowest BCUT2D eigenvalue weighted by Gasteiger charge is -2.28. The third-order valence-electron chi connectivity index (χ3n) is 6.17. The molecule has 6 heteroatoms. The van der Waals surface area contributed by atoms with Gasteiger partial charge in [-0.25, -0.2) is 0 Å². The van der Waals surface area contributed by atoms with Gasteiger partial charge >= 0.3 is 0 Å². The van der Waals surface area contributed by atoms with Crippen LogP contribution in [0.25, 0.3) is 0 Å². The van der Waals surface area contributed by atoms with E-state index in [0.29, 0.717) is 44.7 Å². The van der Waals surface area contributed by atoms with Gasteiger partial charge in [0.15, 0.2) is 0 Å². The molecule has 4 aliphatic rings. The summed E-state index contributed by atoms with van der Waals surface area (Å²) >= 11 is 0. The van der Waals surface area contributed by atoms with Crippen LogP contribution in [0.15, 0.2) is 57.9 Å². The van der Waals surface area contributed by atoms with Crippen LogP contribution < -0.4 is 11.1 Å². The molecule has 2 amide bonds. The molecule has 0 aromatic carbocycles. The van der Waals surface area contributed by atoms with Gasteiger partial charge in [0.25, 0.3) is 0 Å². The van der Waals surface area contributed by atoms with E-state index in [2.05, 4.69) is 23.7 Å². The number of morpholine rings is 1. The smallest absolute Gasteiger partial charge is 0.244 e. The van der Waals surface area contributed by atoms with Crippen LogP contribution in [0.4, 0.5) is 0 Å². The fourth-order valence-corrected chi connectivity index (χ4v) is 4.40. The van der Waals surface area contributed by atoms with Crippen molar-refractivity contribution in [2.75, 3.05) is 32.8 Å². The molecule has 2 aliphatic heterocycles. The van der Waals surface area contributed by atoms with Gasteiger partial charge in [0.05, 0.1) is 13.2 Å². The molecule has 0 unspecified atom stereocenters. The monoisotopic (exact) mass is 395 g/mol. The van der Waals surface area contributed by atoms with E-state index in [1.807, 2.05) is 11.0 Å². The van der Waals surface area contributed by atoms with Gasteiger partial charge in [0.2, 0.25) is 11.8 Å². The Balaban J connectivity index is 1.45. The van der Waals surface area contributed by atoms with Gasteiger partial charge in [-0.05, 0) is 60.5 Å². The fourth-order valence-electron chi connectivity index (χ4n) is 4.40. The number of ether oxygens (including phenoxy) is 1. The van der Waals surface area contributed by atoms with Crippen molar-refractivity contribution in [1.82, 2.24) is 10.2 Å². The van der Waals surface area contributed by atoms with Crippen LogP contribution in [-0.2, 0) is 14.3 Å². The predicted molar refractivity (Wildman–Crippen MR) is 112 cm³/mol. The van der Waals surface area contributed by atoms with Crippen LogP contribution in [0, 0.1) is 0 Å². The third-order valence-corrected chi connectivity index (χ3v) is 6.17. The highest BCUT2D eigenvalue weighted by Gasteiger charge is 2.24. The second-order valence-corrected chi connectivity index (χ2v) is 7.99. The molecule has 0 radical (unpaired) electrons. The van der Waals surface area contributed by atoms with E-state index in [1.54, 1.807) is 0 Å². The summed E-state index contributed by atoms with van der Waals surface area (Å²) in [5.41, 5.74) is 12.5. The van der Waals surface area contributed by atoms with Gasteiger partial charge < -0.3 is 20.7 Å². The molecule has 1 fully saturated rings. The van der Waals surface area contributed by atoms with Crippen molar-refractivity contribution in [3.63, 3.8) is 0 Å². The lowest BCUT2D eigenvalue weighted by Crippen LogP contribution is -2.40. The highest BCUT2D eigenvalue weighted by Crippen LogP contribution is 2.36. The maximum atomic E-state index is 12.4. The Bertz CT molecular complexity index is 855.